The molecule has 0 saturated heterocycles. The summed E-state index contributed by atoms with van der Waals surface area (Å²) in [5, 5.41) is 0.00755. The third-order valence-corrected chi connectivity index (χ3v) is 1.89. The molecule has 1 heterocycles. The van der Waals surface area contributed by atoms with Gasteiger partial charge >= 0.3 is 0 Å². The van der Waals surface area contributed by atoms with Crippen LogP contribution < -0.4 is 4.74 Å². The van der Waals surface area contributed by atoms with Crippen molar-refractivity contribution in [1.29, 1.82) is 0 Å². The number of pyridine rings is 1. The van der Waals surface area contributed by atoms with E-state index in [0.717, 1.165) is 12.8 Å². The quantitative estimate of drug-likeness (QED) is 0.710. The van der Waals surface area contributed by atoms with Crippen LogP contribution in [0.4, 0.5) is 4.39 Å². The van der Waals surface area contributed by atoms with Crippen molar-refractivity contribution in [3.05, 3.63) is 23.2 Å². The summed E-state index contributed by atoms with van der Waals surface area (Å²) in [4.78, 5) is 3.73. The largest absolute Gasteiger partial charge is 0.486 e. The first-order chi connectivity index (χ1) is 5.77. The molecule has 0 unspecified atom stereocenters. The molecular weight excluding hydrogens is 181 g/mol. The second-order valence-electron chi connectivity index (χ2n) is 2.75. The SMILES string of the molecule is Fc1c(Cl)cncc1OC1CC1. The van der Waals surface area contributed by atoms with Gasteiger partial charge in [0, 0.05) is 6.20 Å². The molecule has 2 rings (SSSR count). The van der Waals surface area contributed by atoms with Crippen molar-refractivity contribution in [2.45, 2.75) is 18.9 Å². The Hall–Kier alpha value is -0.830. The number of rotatable bonds is 2. The predicted molar refractivity (Wildman–Crippen MR) is 42.9 cm³/mol. The maximum absolute atomic E-state index is 13.1. The minimum absolute atomic E-state index is 0.00755. The molecule has 0 atom stereocenters. The number of hydrogen-bond donors (Lipinski definition) is 0. The summed E-state index contributed by atoms with van der Waals surface area (Å²) < 4.78 is 18.3. The van der Waals surface area contributed by atoms with Crippen LogP contribution in [0.3, 0.4) is 0 Å². The summed E-state index contributed by atoms with van der Waals surface area (Å²) in [7, 11) is 0. The molecule has 0 spiro atoms. The van der Waals surface area contributed by atoms with Gasteiger partial charge in [-0.05, 0) is 12.8 Å². The van der Waals surface area contributed by atoms with Crippen LogP contribution in [0.25, 0.3) is 0 Å². The molecule has 2 nitrogen and oxygen atoms in total. The molecule has 0 N–H and O–H groups in total. The highest BCUT2D eigenvalue weighted by Crippen LogP contribution is 2.30. The van der Waals surface area contributed by atoms with Crippen LogP contribution >= 0.6 is 11.6 Å². The fourth-order valence-corrected chi connectivity index (χ4v) is 0.999. The second-order valence-corrected chi connectivity index (χ2v) is 3.16. The first-order valence-electron chi connectivity index (χ1n) is 3.73. The Kier molecular flexibility index (Phi) is 1.89. The number of nitrogens with zero attached hydrogens (tertiary/aromatic N) is 1. The smallest absolute Gasteiger partial charge is 0.186 e. The van der Waals surface area contributed by atoms with Crippen molar-refractivity contribution >= 4 is 11.6 Å². The van der Waals surface area contributed by atoms with Crippen molar-refractivity contribution in [3.8, 4) is 5.75 Å². The van der Waals surface area contributed by atoms with Gasteiger partial charge in [-0.2, -0.15) is 0 Å². The highest BCUT2D eigenvalue weighted by molar-refractivity contribution is 6.30. The molecule has 0 aromatic carbocycles. The maximum atomic E-state index is 13.1. The van der Waals surface area contributed by atoms with Crippen LogP contribution in [0.5, 0.6) is 5.75 Å². The fourth-order valence-electron chi connectivity index (χ4n) is 0.849. The Morgan fingerprint density at radius 2 is 2.25 bits per heavy atom. The van der Waals surface area contributed by atoms with Gasteiger partial charge in [0.05, 0.1) is 17.3 Å². The predicted octanol–water partition coefficient (Wildman–Crippen LogP) is 2.42. The van der Waals surface area contributed by atoms with Crippen LogP contribution in [0, 0.1) is 5.82 Å². The molecule has 1 aliphatic rings. The van der Waals surface area contributed by atoms with Gasteiger partial charge in [-0.25, -0.2) is 4.39 Å². The van der Waals surface area contributed by atoms with E-state index in [2.05, 4.69) is 4.98 Å². The number of hydrogen-bond acceptors (Lipinski definition) is 2. The van der Waals surface area contributed by atoms with E-state index in [4.69, 9.17) is 16.3 Å². The van der Waals surface area contributed by atoms with Gasteiger partial charge in [-0.15, -0.1) is 0 Å². The van der Waals surface area contributed by atoms with Crippen LogP contribution in [0.15, 0.2) is 12.4 Å². The van der Waals surface area contributed by atoms with E-state index in [9.17, 15) is 4.39 Å². The first kappa shape index (κ1) is 7.80. The van der Waals surface area contributed by atoms with Gasteiger partial charge in [0.15, 0.2) is 11.6 Å². The summed E-state index contributed by atoms with van der Waals surface area (Å²) in [6, 6.07) is 0. The zero-order chi connectivity index (χ0) is 8.55. The van der Waals surface area contributed by atoms with Crippen LogP contribution in [-0.4, -0.2) is 11.1 Å². The maximum Gasteiger partial charge on any atom is 0.186 e. The summed E-state index contributed by atoms with van der Waals surface area (Å²) in [5.74, 6) is -0.358. The Bertz CT molecular complexity index is 301. The van der Waals surface area contributed by atoms with E-state index in [-0.39, 0.29) is 16.9 Å². The van der Waals surface area contributed by atoms with E-state index in [1.165, 1.54) is 12.4 Å². The van der Waals surface area contributed by atoms with Crippen molar-refractivity contribution in [1.82, 2.24) is 4.98 Å². The molecule has 0 radical (unpaired) electrons. The Balaban J connectivity index is 2.23. The molecule has 0 bridgehead atoms. The molecule has 1 fully saturated rings. The molecule has 0 amide bonds. The van der Waals surface area contributed by atoms with E-state index < -0.39 is 5.82 Å². The van der Waals surface area contributed by atoms with Crippen molar-refractivity contribution in [2.75, 3.05) is 0 Å². The molecule has 1 aliphatic carbocycles. The van der Waals surface area contributed by atoms with E-state index in [1.807, 2.05) is 0 Å². The average molecular weight is 188 g/mol. The molecule has 12 heavy (non-hydrogen) atoms. The lowest BCUT2D eigenvalue weighted by Gasteiger charge is -2.04. The van der Waals surface area contributed by atoms with Crippen LogP contribution in [0.2, 0.25) is 5.02 Å². The third kappa shape index (κ3) is 1.50. The van der Waals surface area contributed by atoms with Gasteiger partial charge in [-0.3, -0.25) is 4.98 Å². The monoisotopic (exact) mass is 187 g/mol. The summed E-state index contributed by atoms with van der Waals surface area (Å²) in [6.45, 7) is 0. The van der Waals surface area contributed by atoms with E-state index in [0.29, 0.717) is 0 Å². The number of halogens is 2. The van der Waals surface area contributed by atoms with Crippen molar-refractivity contribution < 1.29 is 9.13 Å². The molecule has 1 saturated carbocycles. The summed E-state index contributed by atoms with van der Waals surface area (Å²) in [5.41, 5.74) is 0. The standard InChI is InChI=1S/C8H7ClFNO/c9-6-3-11-4-7(8(6)10)12-5-1-2-5/h3-5H,1-2H2. The molecule has 4 heteroatoms. The van der Waals surface area contributed by atoms with E-state index >= 15 is 0 Å². The highest BCUT2D eigenvalue weighted by atomic mass is 35.5. The Morgan fingerprint density at radius 3 is 2.92 bits per heavy atom. The van der Waals surface area contributed by atoms with Gasteiger partial charge in [-0.1, -0.05) is 11.6 Å². The lowest BCUT2D eigenvalue weighted by atomic mass is 10.4. The summed E-state index contributed by atoms with van der Waals surface area (Å²) >= 11 is 5.50. The lowest BCUT2D eigenvalue weighted by Crippen LogP contribution is -1.99. The van der Waals surface area contributed by atoms with Crippen LogP contribution in [-0.2, 0) is 0 Å². The minimum Gasteiger partial charge on any atom is -0.486 e. The minimum atomic E-state index is -0.515. The lowest BCUT2D eigenvalue weighted by molar-refractivity contribution is 0.286. The highest BCUT2D eigenvalue weighted by Gasteiger charge is 2.25. The Labute approximate surface area is 74.3 Å². The molecular formula is C8H7ClFNO. The van der Waals surface area contributed by atoms with Gasteiger partial charge in [0.1, 0.15) is 0 Å². The van der Waals surface area contributed by atoms with Crippen molar-refractivity contribution in [3.63, 3.8) is 0 Å². The van der Waals surface area contributed by atoms with Crippen molar-refractivity contribution in [2.24, 2.45) is 0 Å². The third-order valence-electron chi connectivity index (χ3n) is 1.62. The molecule has 64 valence electrons. The van der Waals surface area contributed by atoms with Crippen LogP contribution in [0.1, 0.15) is 12.8 Å². The molecule has 0 aliphatic heterocycles. The topological polar surface area (TPSA) is 22.1 Å². The zero-order valence-electron chi connectivity index (χ0n) is 6.26. The molecule has 1 aromatic rings. The van der Waals surface area contributed by atoms with Gasteiger partial charge in [0.2, 0.25) is 0 Å². The second kappa shape index (κ2) is 2.90. The van der Waals surface area contributed by atoms with Gasteiger partial charge in [0.25, 0.3) is 0 Å². The average Bonchev–Trinajstić information content (AvgIpc) is 2.83. The summed E-state index contributed by atoms with van der Waals surface area (Å²) in [6.07, 6.45) is 4.76. The number of aromatic nitrogens is 1. The number of ether oxygens (including phenoxy) is 1. The molecule has 1 aromatic heterocycles. The first-order valence-corrected chi connectivity index (χ1v) is 4.11. The zero-order valence-corrected chi connectivity index (χ0v) is 7.01. The normalized spacial score (nSPS) is 16.2. The Morgan fingerprint density at radius 1 is 1.50 bits per heavy atom. The fraction of sp³-hybridized carbons (Fsp3) is 0.375. The van der Waals surface area contributed by atoms with Gasteiger partial charge < -0.3 is 4.74 Å². The van der Waals surface area contributed by atoms with E-state index in [1.54, 1.807) is 0 Å².